The number of nitrogens with one attached hydrogen (secondary N) is 1. The molecule has 0 saturated heterocycles. The Hall–Kier alpha value is -0.820. The van der Waals surface area contributed by atoms with Crippen molar-refractivity contribution in [3.05, 3.63) is 35.4 Å². The highest BCUT2D eigenvalue weighted by molar-refractivity contribution is 5.24. The van der Waals surface area contributed by atoms with Gasteiger partial charge >= 0.3 is 0 Å². The minimum absolute atomic E-state index is 0.725. The largest absolute Gasteiger partial charge is 0.320 e. The van der Waals surface area contributed by atoms with Gasteiger partial charge in [-0.2, -0.15) is 0 Å². The van der Waals surface area contributed by atoms with Gasteiger partial charge in [0, 0.05) is 0 Å². The zero-order valence-electron chi connectivity index (χ0n) is 10.2. The summed E-state index contributed by atoms with van der Waals surface area (Å²) in [6.45, 7) is 5.52. The number of hydrogen-bond donors (Lipinski definition) is 1. The smallest absolute Gasteiger partial charge is 0.00461 e. The van der Waals surface area contributed by atoms with Crippen molar-refractivity contribution in [2.75, 3.05) is 13.6 Å². The SMILES string of the molecule is CCCC(CCNC)c1ccc(C)cc1. The fourth-order valence-electron chi connectivity index (χ4n) is 1.98. The zero-order valence-corrected chi connectivity index (χ0v) is 10.2. The van der Waals surface area contributed by atoms with Gasteiger partial charge in [-0.25, -0.2) is 0 Å². The van der Waals surface area contributed by atoms with E-state index in [0.29, 0.717) is 0 Å². The maximum atomic E-state index is 3.24. The van der Waals surface area contributed by atoms with Crippen LogP contribution in [-0.2, 0) is 0 Å². The molecule has 1 aromatic carbocycles. The third kappa shape index (κ3) is 4.05. The first kappa shape index (κ1) is 12.3. The van der Waals surface area contributed by atoms with E-state index in [1.165, 1.54) is 30.4 Å². The Morgan fingerprint density at radius 3 is 2.33 bits per heavy atom. The van der Waals surface area contributed by atoms with Crippen molar-refractivity contribution in [1.29, 1.82) is 0 Å². The van der Waals surface area contributed by atoms with Gasteiger partial charge in [-0.15, -0.1) is 0 Å². The van der Waals surface area contributed by atoms with E-state index in [-0.39, 0.29) is 0 Å². The molecule has 0 amide bonds. The van der Waals surface area contributed by atoms with Crippen LogP contribution in [0.5, 0.6) is 0 Å². The summed E-state index contributed by atoms with van der Waals surface area (Å²) in [5.74, 6) is 0.725. The molecule has 0 spiro atoms. The van der Waals surface area contributed by atoms with Crippen LogP contribution < -0.4 is 5.32 Å². The first-order chi connectivity index (χ1) is 7.27. The molecule has 1 atom stereocenters. The standard InChI is InChI=1S/C14H23N/c1-4-5-13(10-11-15-3)14-8-6-12(2)7-9-14/h6-9,13,15H,4-5,10-11H2,1-3H3. The van der Waals surface area contributed by atoms with Gasteiger partial charge in [0.2, 0.25) is 0 Å². The lowest BCUT2D eigenvalue weighted by Gasteiger charge is -2.16. The third-order valence-corrected chi connectivity index (χ3v) is 2.93. The average Bonchev–Trinajstić information content (AvgIpc) is 2.25. The van der Waals surface area contributed by atoms with Crippen LogP contribution in [0.15, 0.2) is 24.3 Å². The van der Waals surface area contributed by atoms with Gasteiger partial charge in [-0.3, -0.25) is 0 Å². The summed E-state index contributed by atoms with van der Waals surface area (Å²) in [5, 5.41) is 3.24. The van der Waals surface area contributed by atoms with E-state index in [4.69, 9.17) is 0 Å². The van der Waals surface area contributed by atoms with Crippen LogP contribution in [0.4, 0.5) is 0 Å². The van der Waals surface area contributed by atoms with Crippen molar-refractivity contribution in [2.45, 2.75) is 39.0 Å². The Morgan fingerprint density at radius 1 is 1.13 bits per heavy atom. The van der Waals surface area contributed by atoms with E-state index >= 15 is 0 Å². The highest BCUT2D eigenvalue weighted by Gasteiger charge is 2.09. The van der Waals surface area contributed by atoms with Crippen molar-refractivity contribution in [3.63, 3.8) is 0 Å². The number of benzene rings is 1. The summed E-state index contributed by atoms with van der Waals surface area (Å²) in [7, 11) is 2.03. The van der Waals surface area contributed by atoms with E-state index in [1.54, 1.807) is 0 Å². The second-order valence-electron chi connectivity index (χ2n) is 4.29. The Kier molecular flexibility index (Phi) is 5.41. The first-order valence-electron chi connectivity index (χ1n) is 5.99. The molecule has 0 radical (unpaired) electrons. The van der Waals surface area contributed by atoms with E-state index in [2.05, 4.69) is 43.4 Å². The van der Waals surface area contributed by atoms with Gasteiger partial charge < -0.3 is 5.32 Å². The van der Waals surface area contributed by atoms with Crippen LogP contribution in [-0.4, -0.2) is 13.6 Å². The molecule has 0 aliphatic carbocycles. The molecule has 0 fully saturated rings. The molecule has 0 heterocycles. The van der Waals surface area contributed by atoms with Crippen molar-refractivity contribution >= 4 is 0 Å². The molecule has 0 aromatic heterocycles. The van der Waals surface area contributed by atoms with Crippen LogP contribution in [0.2, 0.25) is 0 Å². The normalized spacial score (nSPS) is 12.7. The Bertz CT molecular complexity index is 263. The van der Waals surface area contributed by atoms with E-state index in [1.807, 2.05) is 7.05 Å². The molecule has 0 aliphatic rings. The lowest BCUT2D eigenvalue weighted by Crippen LogP contribution is -2.12. The highest BCUT2D eigenvalue weighted by Crippen LogP contribution is 2.24. The molecule has 0 aliphatic heterocycles. The Morgan fingerprint density at radius 2 is 1.80 bits per heavy atom. The predicted octanol–water partition coefficient (Wildman–Crippen LogP) is 3.49. The molecule has 84 valence electrons. The van der Waals surface area contributed by atoms with E-state index in [9.17, 15) is 0 Å². The third-order valence-electron chi connectivity index (χ3n) is 2.93. The summed E-state index contributed by atoms with van der Waals surface area (Å²) >= 11 is 0. The summed E-state index contributed by atoms with van der Waals surface area (Å²) in [6, 6.07) is 9.01. The first-order valence-corrected chi connectivity index (χ1v) is 5.99. The molecule has 1 unspecified atom stereocenters. The van der Waals surface area contributed by atoms with Crippen LogP contribution in [0.25, 0.3) is 0 Å². The fraction of sp³-hybridized carbons (Fsp3) is 0.571. The van der Waals surface area contributed by atoms with Gasteiger partial charge in [-0.1, -0.05) is 43.2 Å². The Labute approximate surface area is 93.9 Å². The van der Waals surface area contributed by atoms with Gasteiger partial charge in [0.15, 0.2) is 0 Å². The topological polar surface area (TPSA) is 12.0 Å². The van der Waals surface area contributed by atoms with Crippen molar-refractivity contribution in [3.8, 4) is 0 Å². The molecule has 0 bridgehead atoms. The second kappa shape index (κ2) is 6.62. The number of rotatable bonds is 6. The summed E-state index contributed by atoms with van der Waals surface area (Å²) in [4.78, 5) is 0. The molecule has 1 rings (SSSR count). The second-order valence-corrected chi connectivity index (χ2v) is 4.29. The molecule has 15 heavy (non-hydrogen) atoms. The summed E-state index contributed by atoms with van der Waals surface area (Å²) in [6.07, 6.45) is 3.81. The molecular weight excluding hydrogens is 182 g/mol. The quantitative estimate of drug-likeness (QED) is 0.749. The predicted molar refractivity (Wildman–Crippen MR) is 67.4 cm³/mol. The lowest BCUT2D eigenvalue weighted by molar-refractivity contribution is 0.551. The van der Waals surface area contributed by atoms with Crippen LogP contribution >= 0.6 is 0 Å². The zero-order chi connectivity index (χ0) is 11.1. The molecule has 1 heteroatoms. The van der Waals surface area contributed by atoms with Gasteiger partial charge in [-0.05, 0) is 44.8 Å². The molecular formula is C14H23N. The summed E-state index contributed by atoms with van der Waals surface area (Å²) < 4.78 is 0. The molecule has 1 nitrogen and oxygen atoms in total. The maximum absolute atomic E-state index is 3.24. The highest BCUT2D eigenvalue weighted by atomic mass is 14.8. The fourth-order valence-corrected chi connectivity index (χ4v) is 1.98. The van der Waals surface area contributed by atoms with Gasteiger partial charge in [0.25, 0.3) is 0 Å². The van der Waals surface area contributed by atoms with Crippen molar-refractivity contribution in [1.82, 2.24) is 5.32 Å². The number of hydrogen-bond acceptors (Lipinski definition) is 1. The van der Waals surface area contributed by atoms with Crippen molar-refractivity contribution < 1.29 is 0 Å². The van der Waals surface area contributed by atoms with E-state index in [0.717, 1.165) is 12.5 Å². The van der Waals surface area contributed by atoms with Crippen LogP contribution in [0, 0.1) is 6.92 Å². The maximum Gasteiger partial charge on any atom is -0.00461 e. The molecule has 0 saturated carbocycles. The monoisotopic (exact) mass is 205 g/mol. The van der Waals surface area contributed by atoms with Crippen LogP contribution in [0.3, 0.4) is 0 Å². The minimum Gasteiger partial charge on any atom is -0.320 e. The minimum atomic E-state index is 0.725. The molecule has 1 aromatic rings. The average molecular weight is 205 g/mol. The van der Waals surface area contributed by atoms with Gasteiger partial charge in [0.1, 0.15) is 0 Å². The molecule has 1 N–H and O–H groups in total. The summed E-state index contributed by atoms with van der Waals surface area (Å²) in [5.41, 5.74) is 2.85. The van der Waals surface area contributed by atoms with E-state index < -0.39 is 0 Å². The van der Waals surface area contributed by atoms with Crippen molar-refractivity contribution in [2.24, 2.45) is 0 Å². The van der Waals surface area contributed by atoms with Gasteiger partial charge in [0.05, 0.1) is 0 Å². The number of aryl methyl sites for hydroxylation is 1. The van der Waals surface area contributed by atoms with Crippen LogP contribution in [0.1, 0.15) is 43.2 Å². The Balaban J connectivity index is 2.65. The lowest BCUT2D eigenvalue weighted by atomic mass is 9.91.